The van der Waals surface area contributed by atoms with Gasteiger partial charge in [-0.2, -0.15) is 0 Å². The lowest BCUT2D eigenvalue weighted by Gasteiger charge is -1.88. The van der Waals surface area contributed by atoms with Gasteiger partial charge in [0.05, 0.1) is 5.52 Å². The molecular weight excluding hydrogens is 167 g/mol. The first-order valence-corrected chi connectivity index (χ1v) is 4.44. The Morgan fingerprint density at radius 2 is 2.31 bits per heavy atom. The van der Waals surface area contributed by atoms with Crippen molar-refractivity contribution >= 4 is 11.0 Å². The van der Waals surface area contributed by atoms with Crippen LogP contribution in [0.15, 0.2) is 18.2 Å². The maximum absolute atomic E-state index is 13.2. The van der Waals surface area contributed by atoms with E-state index < -0.39 is 0 Å². The maximum Gasteiger partial charge on any atom is 0.148 e. The largest absolute Gasteiger partial charge is 0.340 e. The zero-order chi connectivity index (χ0) is 9.26. The van der Waals surface area contributed by atoms with E-state index in [1.807, 2.05) is 6.07 Å². The first-order valence-electron chi connectivity index (χ1n) is 4.44. The van der Waals surface area contributed by atoms with E-state index in [1.165, 1.54) is 6.07 Å². The van der Waals surface area contributed by atoms with Gasteiger partial charge in [0.25, 0.3) is 0 Å². The molecule has 0 saturated heterocycles. The molecule has 0 bridgehead atoms. The molecule has 2 nitrogen and oxygen atoms in total. The molecule has 1 aromatic heterocycles. The molecule has 0 aliphatic carbocycles. The molecule has 13 heavy (non-hydrogen) atoms. The molecule has 0 atom stereocenters. The van der Waals surface area contributed by atoms with Crippen molar-refractivity contribution in [3.05, 3.63) is 29.8 Å². The predicted molar refractivity (Wildman–Crippen MR) is 50.0 cm³/mol. The minimum atomic E-state index is -0.229. The highest BCUT2D eigenvalue weighted by atomic mass is 19.1. The average Bonchev–Trinajstić information content (AvgIpc) is 2.49. The van der Waals surface area contributed by atoms with Crippen LogP contribution >= 0.6 is 0 Å². The second kappa shape index (κ2) is 3.17. The third-order valence-corrected chi connectivity index (χ3v) is 2.00. The fourth-order valence-corrected chi connectivity index (χ4v) is 1.40. The number of rotatable bonds is 2. The number of aryl methyl sites for hydroxylation is 1. The van der Waals surface area contributed by atoms with Gasteiger partial charge in [-0.1, -0.05) is 13.0 Å². The van der Waals surface area contributed by atoms with Gasteiger partial charge < -0.3 is 4.98 Å². The Balaban J connectivity index is 2.55. The average molecular weight is 178 g/mol. The number of H-pyrrole nitrogens is 1. The van der Waals surface area contributed by atoms with Crippen LogP contribution in [0.2, 0.25) is 0 Å². The topological polar surface area (TPSA) is 28.7 Å². The first kappa shape index (κ1) is 8.23. The molecule has 0 fully saturated rings. The SMILES string of the molecule is CCCc1nc2cccc(F)c2[nH]1. The van der Waals surface area contributed by atoms with E-state index in [4.69, 9.17) is 0 Å². The Hall–Kier alpha value is -1.38. The van der Waals surface area contributed by atoms with Gasteiger partial charge in [-0.25, -0.2) is 9.37 Å². The summed E-state index contributed by atoms with van der Waals surface area (Å²) in [5.74, 6) is 0.634. The molecule has 68 valence electrons. The summed E-state index contributed by atoms with van der Waals surface area (Å²) in [6, 6.07) is 4.93. The summed E-state index contributed by atoms with van der Waals surface area (Å²) < 4.78 is 13.2. The van der Waals surface area contributed by atoms with E-state index in [0.717, 1.165) is 18.7 Å². The molecule has 1 heterocycles. The van der Waals surface area contributed by atoms with Crippen molar-refractivity contribution < 1.29 is 4.39 Å². The number of nitrogens with one attached hydrogen (secondary N) is 1. The smallest absolute Gasteiger partial charge is 0.148 e. The summed E-state index contributed by atoms with van der Waals surface area (Å²) >= 11 is 0. The number of aromatic nitrogens is 2. The van der Waals surface area contributed by atoms with Crippen molar-refractivity contribution in [3.63, 3.8) is 0 Å². The summed E-state index contributed by atoms with van der Waals surface area (Å²) in [5.41, 5.74) is 1.23. The lowest BCUT2D eigenvalue weighted by molar-refractivity contribution is 0.637. The summed E-state index contributed by atoms with van der Waals surface area (Å²) in [5, 5.41) is 0. The molecular formula is C10H11FN2. The number of halogens is 1. The fraction of sp³-hybridized carbons (Fsp3) is 0.300. The van der Waals surface area contributed by atoms with Crippen molar-refractivity contribution in [2.75, 3.05) is 0 Å². The molecule has 0 aliphatic rings. The van der Waals surface area contributed by atoms with E-state index in [0.29, 0.717) is 11.0 Å². The molecule has 0 spiro atoms. The predicted octanol–water partition coefficient (Wildman–Crippen LogP) is 2.65. The van der Waals surface area contributed by atoms with Gasteiger partial charge in [0.2, 0.25) is 0 Å². The molecule has 0 unspecified atom stereocenters. The van der Waals surface area contributed by atoms with Gasteiger partial charge in [0.15, 0.2) is 0 Å². The first-order chi connectivity index (χ1) is 6.31. The van der Waals surface area contributed by atoms with Gasteiger partial charge >= 0.3 is 0 Å². The standard InChI is InChI=1S/C10H11FN2/c1-2-4-9-12-8-6-3-5-7(11)10(8)13-9/h3,5-6H,2,4H2,1H3,(H,12,13). The molecule has 1 aromatic carbocycles. The van der Waals surface area contributed by atoms with E-state index >= 15 is 0 Å². The number of benzene rings is 1. The molecule has 0 aliphatic heterocycles. The summed E-state index contributed by atoms with van der Waals surface area (Å²) in [4.78, 5) is 7.25. The highest BCUT2D eigenvalue weighted by Gasteiger charge is 2.04. The van der Waals surface area contributed by atoms with Crippen molar-refractivity contribution in [1.82, 2.24) is 9.97 Å². The highest BCUT2D eigenvalue weighted by molar-refractivity contribution is 5.75. The lowest BCUT2D eigenvalue weighted by Crippen LogP contribution is -1.84. The molecule has 0 amide bonds. The van der Waals surface area contributed by atoms with Crippen LogP contribution in [-0.2, 0) is 6.42 Å². The monoisotopic (exact) mass is 178 g/mol. The van der Waals surface area contributed by atoms with Crippen molar-refractivity contribution in [1.29, 1.82) is 0 Å². The van der Waals surface area contributed by atoms with Crippen LogP contribution < -0.4 is 0 Å². The normalized spacial score (nSPS) is 10.9. The number of para-hydroxylation sites is 1. The Kier molecular flexibility index (Phi) is 2.00. The van der Waals surface area contributed by atoms with E-state index in [1.54, 1.807) is 6.07 Å². The molecule has 0 radical (unpaired) electrons. The Bertz CT molecular complexity index is 420. The Morgan fingerprint density at radius 1 is 1.46 bits per heavy atom. The number of imidazole rings is 1. The summed E-state index contributed by atoms with van der Waals surface area (Å²) in [7, 11) is 0. The number of aromatic amines is 1. The van der Waals surface area contributed by atoms with Crippen LogP contribution in [0.1, 0.15) is 19.2 Å². The van der Waals surface area contributed by atoms with Crippen molar-refractivity contribution in [3.8, 4) is 0 Å². The molecule has 1 N–H and O–H groups in total. The van der Waals surface area contributed by atoms with Gasteiger partial charge in [0.1, 0.15) is 17.2 Å². The molecule has 2 rings (SSSR count). The molecule has 3 heteroatoms. The number of fused-ring (bicyclic) bond motifs is 1. The summed E-state index contributed by atoms with van der Waals surface area (Å²) in [6.45, 7) is 2.07. The second-order valence-electron chi connectivity index (χ2n) is 3.07. The fourth-order valence-electron chi connectivity index (χ4n) is 1.40. The number of hydrogen-bond donors (Lipinski definition) is 1. The van der Waals surface area contributed by atoms with Crippen molar-refractivity contribution in [2.45, 2.75) is 19.8 Å². The maximum atomic E-state index is 13.2. The molecule has 0 saturated carbocycles. The third kappa shape index (κ3) is 1.41. The second-order valence-corrected chi connectivity index (χ2v) is 3.07. The van der Waals surface area contributed by atoms with Gasteiger partial charge in [-0.15, -0.1) is 0 Å². The minimum Gasteiger partial charge on any atom is -0.340 e. The molecule has 2 aromatic rings. The van der Waals surface area contributed by atoms with Crippen LogP contribution in [0, 0.1) is 5.82 Å². The van der Waals surface area contributed by atoms with Crippen LogP contribution in [0.25, 0.3) is 11.0 Å². The van der Waals surface area contributed by atoms with E-state index in [-0.39, 0.29) is 5.82 Å². The number of hydrogen-bond acceptors (Lipinski definition) is 1. The summed E-state index contributed by atoms with van der Waals surface area (Å²) in [6.07, 6.45) is 1.88. The minimum absolute atomic E-state index is 0.229. The van der Waals surface area contributed by atoms with Crippen LogP contribution in [-0.4, -0.2) is 9.97 Å². The third-order valence-electron chi connectivity index (χ3n) is 2.00. The zero-order valence-electron chi connectivity index (χ0n) is 7.47. The Morgan fingerprint density at radius 3 is 3.00 bits per heavy atom. The highest BCUT2D eigenvalue weighted by Crippen LogP contribution is 2.15. The van der Waals surface area contributed by atoms with Crippen LogP contribution in [0.3, 0.4) is 0 Å². The van der Waals surface area contributed by atoms with Gasteiger partial charge in [-0.3, -0.25) is 0 Å². The van der Waals surface area contributed by atoms with Crippen molar-refractivity contribution in [2.24, 2.45) is 0 Å². The van der Waals surface area contributed by atoms with E-state index in [9.17, 15) is 4.39 Å². The Labute approximate surface area is 75.8 Å². The van der Waals surface area contributed by atoms with Gasteiger partial charge in [-0.05, 0) is 18.6 Å². The van der Waals surface area contributed by atoms with Crippen LogP contribution in [0.4, 0.5) is 4.39 Å². The van der Waals surface area contributed by atoms with Gasteiger partial charge in [0, 0.05) is 6.42 Å². The lowest BCUT2D eigenvalue weighted by atomic mass is 10.3. The zero-order valence-corrected chi connectivity index (χ0v) is 7.47. The number of nitrogens with zero attached hydrogens (tertiary/aromatic N) is 1. The van der Waals surface area contributed by atoms with E-state index in [2.05, 4.69) is 16.9 Å². The quantitative estimate of drug-likeness (QED) is 0.752. The van der Waals surface area contributed by atoms with Crippen LogP contribution in [0.5, 0.6) is 0 Å².